The molecule has 1 saturated carbocycles. The molecule has 1 aliphatic carbocycles. The van der Waals surface area contributed by atoms with Crippen LogP contribution >= 0.6 is 27.3 Å². The van der Waals surface area contributed by atoms with E-state index < -0.39 is 5.54 Å². The van der Waals surface area contributed by atoms with Gasteiger partial charge in [-0.1, -0.05) is 12.8 Å². The number of morpholine rings is 1. The van der Waals surface area contributed by atoms with Gasteiger partial charge in [0.05, 0.1) is 15.3 Å². The van der Waals surface area contributed by atoms with Crippen LogP contribution < -0.4 is 15.5 Å². The number of anilines is 2. The maximum atomic E-state index is 13.3. The molecule has 0 radical (unpaired) electrons. The lowest BCUT2D eigenvalue weighted by Crippen LogP contribution is -2.54. The SMILES string of the molecule is Cc1cc(NC(=O)C2(NC(=O)c3ccc(Br)s3)CCCC2)ccc1N1CCOC/C1=N/C#N. The first-order valence-electron chi connectivity index (χ1n) is 10.7. The Hall–Kier alpha value is -2.74. The highest BCUT2D eigenvalue weighted by molar-refractivity contribution is 9.11. The quantitative estimate of drug-likeness (QED) is 0.564. The summed E-state index contributed by atoms with van der Waals surface area (Å²) in [4.78, 5) is 32.5. The van der Waals surface area contributed by atoms with E-state index in [0.717, 1.165) is 27.9 Å². The Balaban J connectivity index is 1.51. The van der Waals surface area contributed by atoms with Crippen molar-refractivity contribution >= 4 is 56.3 Å². The molecule has 2 N–H and O–H groups in total. The van der Waals surface area contributed by atoms with E-state index in [-0.39, 0.29) is 18.4 Å². The molecular weight excluding hydrogens is 506 g/mol. The van der Waals surface area contributed by atoms with E-state index in [1.54, 1.807) is 6.07 Å². The molecule has 0 bridgehead atoms. The van der Waals surface area contributed by atoms with Crippen molar-refractivity contribution in [1.82, 2.24) is 5.32 Å². The van der Waals surface area contributed by atoms with E-state index in [9.17, 15) is 9.59 Å². The smallest absolute Gasteiger partial charge is 0.262 e. The van der Waals surface area contributed by atoms with Crippen LogP contribution in [-0.2, 0) is 9.53 Å². The third kappa shape index (κ3) is 5.11. The van der Waals surface area contributed by atoms with E-state index in [2.05, 4.69) is 31.6 Å². The van der Waals surface area contributed by atoms with Crippen LogP contribution in [0.1, 0.15) is 40.9 Å². The minimum atomic E-state index is -0.920. The molecule has 1 aliphatic heterocycles. The third-order valence-corrected chi connectivity index (χ3v) is 7.59. The van der Waals surface area contributed by atoms with Gasteiger partial charge in [-0.3, -0.25) is 9.59 Å². The van der Waals surface area contributed by atoms with Crippen LogP contribution in [0, 0.1) is 18.4 Å². The molecule has 8 nitrogen and oxygen atoms in total. The number of nitrogens with zero attached hydrogens (tertiary/aromatic N) is 3. The number of rotatable bonds is 5. The number of nitrogens with one attached hydrogen (secondary N) is 2. The van der Waals surface area contributed by atoms with Gasteiger partial charge in [-0.05, 0) is 71.6 Å². The maximum Gasteiger partial charge on any atom is 0.262 e. The summed E-state index contributed by atoms with van der Waals surface area (Å²) in [6.45, 7) is 3.38. The zero-order chi connectivity index (χ0) is 23.4. The van der Waals surface area contributed by atoms with Gasteiger partial charge < -0.3 is 20.3 Å². The van der Waals surface area contributed by atoms with Crippen LogP contribution in [0.15, 0.2) is 39.1 Å². The Kier molecular flexibility index (Phi) is 7.12. The van der Waals surface area contributed by atoms with Crippen LogP contribution in [-0.4, -0.2) is 42.9 Å². The number of benzene rings is 1. The summed E-state index contributed by atoms with van der Waals surface area (Å²) >= 11 is 4.72. The molecule has 1 aromatic carbocycles. The average Bonchev–Trinajstić information content (AvgIpc) is 3.45. The number of thiophene rings is 1. The number of aliphatic imine (C=N–C) groups is 1. The molecule has 1 aromatic heterocycles. The highest BCUT2D eigenvalue weighted by Crippen LogP contribution is 2.33. The first kappa shape index (κ1) is 23.4. The third-order valence-electron chi connectivity index (χ3n) is 5.97. The standard InChI is InChI=1S/C23H24BrN5O3S/c1-15-12-16(4-5-17(15)29-10-11-32-13-20(29)26-14-25)27-22(31)23(8-2-3-9-23)28-21(30)18-6-7-19(24)33-18/h4-7,12H,2-3,8-11,13H2,1H3,(H,27,31)(H,28,30)/b26-20-. The van der Waals surface area contributed by atoms with Crippen molar-refractivity contribution in [3.8, 4) is 6.19 Å². The van der Waals surface area contributed by atoms with Crippen molar-refractivity contribution in [2.45, 2.75) is 38.1 Å². The Morgan fingerprint density at radius 1 is 1.27 bits per heavy atom. The molecule has 2 amide bonds. The second-order valence-electron chi connectivity index (χ2n) is 8.13. The molecule has 2 aliphatic rings. The van der Waals surface area contributed by atoms with E-state index >= 15 is 0 Å². The summed E-state index contributed by atoms with van der Waals surface area (Å²) in [5.74, 6) is 0.136. The predicted octanol–water partition coefficient (Wildman–Crippen LogP) is 4.22. The van der Waals surface area contributed by atoms with E-state index in [4.69, 9.17) is 10.00 Å². The second-order valence-corrected chi connectivity index (χ2v) is 10.6. The van der Waals surface area contributed by atoms with Crippen molar-refractivity contribution in [3.63, 3.8) is 0 Å². The largest absolute Gasteiger partial charge is 0.372 e. The fraction of sp³-hybridized carbons (Fsp3) is 0.391. The number of hydrogen-bond acceptors (Lipinski definition) is 6. The van der Waals surface area contributed by atoms with Gasteiger partial charge in [-0.2, -0.15) is 10.3 Å². The zero-order valence-corrected chi connectivity index (χ0v) is 20.6. The molecule has 1 saturated heterocycles. The number of nitriles is 1. The van der Waals surface area contributed by atoms with Crippen molar-refractivity contribution in [2.24, 2.45) is 4.99 Å². The second kappa shape index (κ2) is 10.0. The van der Waals surface area contributed by atoms with Gasteiger partial charge in [0.15, 0.2) is 0 Å². The van der Waals surface area contributed by atoms with Crippen LogP contribution in [0.3, 0.4) is 0 Å². The molecule has 0 spiro atoms. The summed E-state index contributed by atoms with van der Waals surface area (Å²) in [6, 6.07) is 9.22. The molecule has 0 unspecified atom stereocenters. The van der Waals surface area contributed by atoms with Gasteiger partial charge in [0.1, 0.15) is 18.0 Å². The highest BCUT2D eigenvalue weighted by Gasteiger charge is 2.42. The van der Waals surface area contributed by atoms with E-state index in [0.29, 0.717) is 42.4 Å². The van der Waals surface area contributed by atoms with Gasteiger partial charge in [-0.15, -0.1) is 11.3 Å². The molecule has 4 rings (SSSR count). The lowest BCUT2D eigenvalue weighted by molar-refractivity contribution is -0.122. The molecular formula is C23H24BrN5O3S. The number of amidine groups is 1. The topological polar surface area (TPSA) is 107 Å². The van der Waals surface area contributed by atoms with Gasteiger partial charge in [0, 0.05) is 17.9 Å². The van der Waals surface area contributed by atoms with Gasteiger partial charge in [0.2, 0.25) is 12.1 Å². The molecule has 2 fully saturated rings. The summed E-state index contributed by atoms with van der Waals surface area (Å²) < 4.78 is 6.29. The summed E-state index contributed by atoms with van der Waals surface area (Å²) in [5, 5.41) is 15.0. The Labute approximate surface area is 204 Å². The van der Waals surface area contributed by atoms with Crippen LogP contribution in [0.5, 0.6) is 0 Å². The zero-order valence-electron chi connectivity index (χ0n) is 18.2. The van der Waals surface area contributed by atoms with Gasteiger partial charge in [0.25, 0.3) is 5.91 Å². The minimum absolute atomic E-state index is 0.200. The molecule has 2 aromatic rings. The van der Waals surface area contributed by atoms with E-state index in [1.165, 1.54) is 11.3 Å². The summed E-state index contributed by atoms with van der Waals surface area (Å²) in [7, 11) is 0. The number of hydrogen-bond donors (Lipinski definition) is 2. The first-order chi connectivity index (χ1) is 15.9. The lowest BCUT2D eigenvalue weighted by Gasteiger charge is -2.31. The highest BCUT2D eigenvalue weighted by atomic mass is 79.9. The Bertz CT molecular complexity index is 1130. The number of halogens is 1. The minimum Gasteiger partial charge on any atom is -0.372 e. The predicted molar refractivity (Wildman–Crippen MR) is 132 cm³/mol. The van der Waals surface area contributed by atoms with Crippen molar-refractivity contribution in [1.29, 1.82) is 5.26 Å². The molecule has 10 heteroatoms. The first-order valence-corrected chi connectivity index (χ1v) is 12.3. The monoisotopic (exact) mass is 529 g/mol. The van der Waals surface area contributed by atoms with Crippen LogP contribution in [0.2, 0.25) is 0 Å². The number of carbonyl (C=O) groups excluding carboxylic acids is 2. The maximum absolute atomic E-state index is 13.3. The van der Waals surface area contributed by atoms with Gasteiger partial charge >= 0.3 is 0 Å². The summed E-state index contributed by atoms with van der Waals surface area (Å²) in [5.41, 5.74) is 1.59. The van der Waals surface area contributed by atoms with Crippen LogP contribution in [0.4, 0.5) is 11.4 Å². The number of ether oxygens (including phenoxy) is 1. The molecule has 2 heterocycles. The average molecular weight is 530 g/mol. The summed E-state index contributed by atoms with van der Waals surface area (Å²) in [6.07, 6.45) is 4.82. The normalized spacial score (nSPS) is 18.7. The van der Waals surface area contributed by atoms with Crippen molar-refractivity contribution < 1.29 is 14.3 Å². The van der Waals surface area contributed by atoms with E-state index in [1.807, 2.05) is 42.3 Å². The molecule has 33 heavy (non-hydrogen) atoms. The fourth-order valence-electron chi connectivity index (χ4n) is 4.33. The fourth-order valence-corrected chi connectivity index (χ4v) is 5.61. The van der Waals surface area contributed by atoms with Crippen LogP contribution in [0.25, 0.3) is 0 Å². The Morgan fingerprint density at radius 2 is 2.06 bits per heavy atom. The Morgan fingerprint density at radius 3 is 2.73 bits per heavy atom. The van der Waals surface area contributed by atoms with Gasteiger partial charge in [-0.25, -0.2) is 0 Å². The number of carbonyl (C=O) groups is 2. The lowest BCUT2D eigenvalue weighted by atomic mass is 9.95. The van der Waals surface area contributed by atoms with Crippen molar-refractivity contribution in [2.75, 3.05) is 30.0 Å². The molecule has 172 valence electrons. The number of aryl methyl sites for hydroxylation is 1. The number of amides is 2. The molecule has 0 atom stereocenters. The van der Waals surface area contributed by atoms with Crippen molar-refractivity contribution in [3.05, 3.63) is 44.6 Å².